The summed E-state index contributed by atoms with van der Waals surface area (Å²) >= 11 is 0. The fourth-order valence-electron chi connectivity index (χ4n) is 3.06. The summed E-state index contributed by atoms with van der Waals surface area (Å²) in [5.74, 6) is -0.105. The monoisotopic (exact) mass is 263 g/mol. The van der Waals surface area contributed by atoms with Crippen molar-refractivity contribution in [1.29, 1.82) is 0 Å². The Kier molecular flexibility index (Phi) is 5.38. The Morgan fingerprint density at radius 2 is 2.16 bits per heavy atom. The van der Waals surface area contributed by atoms with Crippen LogP contribution in [0, 0.1) is 5.82 Å². The van der Waals surface area contributed by atoms with Crippen LogP contribution in [0.1, 0.15) is 69.5 Å². The molecule has 1 aliphatic rings. The van der Waals surface area contributed by atoms with Gasteiger partial charge in [-0.25, -0.2) is 4.39 Å². The van der Waals surface area contributed by atoms with Crippen molar-refractivity contribution in [3.63, 3.8) is 0 Å². The number of rotatable bonds is 7. The van der Waals surface area contributed by atoms with Crippen molar-refractivity contribution in [2.75, 3.05) is 0 Å². The Hall–Kier alpha value is -0.890. The van der Waals surface area contributed by atoms with Crippen LogP contribution in [0.25, 0.3) is 0 Å². The molecule has 2 rings (SSSR count). The molecule has 2 atom stereocenters. The molecule has 2 heteroatoms. The molecule has 0 amide bonds. The van der Waals surface area contributed by atoms with E-state index in [1.165, 1.54) is 43.2 Å². The molecule has 2 unspecified atom stereocenters. The topological polar surface area (TPSA) is 12.0 Å². The molecular formula is C17H26FN. The summed E-state index contributed by atoms with van der Waals surface area (Å²) in [4.78, 5) is 0. The first-order valence-electron chi connectivity index (χ1n) is 7.75. The van der Waals surface area contributed by atoms with Crippen LogP contribution in [0.4, 0.5) is 4.39 Å². The zero-order valence-electron chi connectivity index (χ0n) is 12.2. The lowest BCUT2D eigenvalue weighted by Gasteiger charge is -2.20. The highest BCUT2D eigenvalue weighted by atomic mass is 19.1. The maximum atomic E-state index is 13.2. The van der Waals surface area contributed by atoms with Crippen molar-refractivity contribution >= 4 is 0 Å². The molecule has 1 N–H and O–H groups in total. The highest BCUT2D eigenvalue weighted by Crippen LogP contribution is 2.32. The molecule has 0 fully saturated rings. The van der Waals surface area contributed by atoms with Crippen LogP contribution in [0.2, 0.25) is 0 Å². The summed E-state index contributed by atoms with van der Waals surface area (Å²) in [7, 11) is 0. The quantitative estimate of drug-likeness (QED) is 0.699. The van der Waals surface area contributed by atoms with Crippen molar-refractivity contribution in [2.24, 2.45) is 0 Å². The van der Waals surface area contributed by atoms with Gasteiger partial charge in [0.1, 0.15) is 5.82 Å². The molecule has 0 bridgehead atoms. The molecule has 0 spiro atoms. The van der Waals surface area contributed by atoms with Crippen LogP contribution in [0.3, 0.4) is 0 Å². The lowest BCUT2D eigenvalue weighted by Crippen LogP contribution is -2.29. The summed E-state index contributed by atoms with van der Waals surface area (Å²) in [5.41, 5.74) is 2.50. The molecule has 0 heterocycles. The van der Waals surface area contributed by atoms with Crippen LogP contribution >= 0.6 is 0 Å². The molecule has 0 saturated heterocycles. The minimum absolute atomic E-state index is 0.105. The van der Waals surface area contributed by atoms with E-state index in [-0.39, 0.29) is 5.82 Å². The number of benzene rings is 1. The van der Waals surface area contributed by atoms with E-state index in [4.69, 9.17) is 0 Å². The lowest BCUT2D eigenvalue weighted by atomic mass is 10.0. The van der Waals surface area contributed by atoms with Crippen molar-refractivity contribution in [3.05, 3.63) is 35.1 Å². The van der Waals surface area contributed by atoms with Gasteiger partial charge >= 0.3 is 0 Å². The number of hydrogen-bond donors (Lipinski definition) is 1. The molecular weight excluding hydrogens is 237 g/mol. The van der Waals surface area contributed by atoms with Gasteiger partial charge in [0.15, 0.2) is 0 Å². The van der Waals surface area contributed by atoms with Gasteiger partial charge in [-0.1, -0.05) is 38.7 Å². The summed E-state index contributed by atoms with van der Waals surface area (Å²) in [6, 6.07) is 6.22. The maximum absolute atomic E-state index is 13.2. The van der Waals surface area contributed by atoms with Gasteiger partial charge in [0.05, 0.1) is 0 Å². The number of unbranched alkanes of at least 4 members (excludes halogenated alkanes) is 3. The van der Waals surface area contributed by atoms with E-state index < -0.39 is 0 Å². The van der Waals surface area contributed by atoms with E-state index in [9.17, 15) is 4.39 Å². The van der Waals surface area contributed by atoms with E-state index in [1.807, 2.05) is 6.07 Å². The first-order chi connectivity index (χ1) is 9.20. The van der Waals surface area contributed by atoms with Crippen LogP contribution < -0.4 is 5.32 Å². The van der Waals surface area contributed by atoms with Crippen LogP contribution in [0.5, 0.6) is 0 Å². The SMILES string of the molecule is CCCCCCC(C)NC1CCc2cc(F)ccc21. The van der Waals surface area contributed by atoms with Gasteiger partial charge < -0.3 is 5.32 Å². The standard InChI is InChI=1S/C17H26FN/c1-3-4-5-6-7-13(2)19-17-11-8-14-12-15(18)9-10-16(14)17/h9-10,12-13,17,19H,3-8,11H2,1-2H3. The Labute approximate surface area is 116 Å². The van der Waals surface area contributed by atoms with E-state index in [1.54, 1.807) is 12.1 Å². The third-order valence-electron chi connectivity index (χ3n) is 4.16. The van der Waals surface area contributed by atoms with Crippen LogP contribution in [0.15, 0.2) is 18.2 Å². The van der Waals surface area contributed by atoms with Gasteiger partial charge in [-0.2, -0.15) is 0 Å². The zero-order valence-corrected chi connectivity index (χ0v) is 12.2. The molecule has 19 heavy (non-hydrogen) atoms. The second-order valence-corrected chi connectivity index (χ2v) is 5.85. The van der Waals surface area contributed by atoms with Gasteiger partial charge in [0.25, 0.3) is 0 Å². The second-order valence-electron chi connectivity index (χ2n) is 5.85. The first kappa shape index (κ1) is 14.5. The number of aryl methyl sites for hydroxylation is 1. The summed E-state index contributed by atoms with van der Waals surface area (Å²) < 4.78 is 13.2. The van der Waals surface area contributed by atoms with Crippen molar-refractivity contribution in [1.82, 2.24) is 5.32 Å². The van der Waals surface area contributed by atoms with Crippen molar-refractivity contribution < 1.29 is 4.39 Å². The minimum Gasteiger partial charge on any atom is -0.307 e. The summed E-state index contributed by atoms with van der Waals surface area (Å²) in [6.07, 6.45) is 8.65. The van der Waals surface area contributed by atoms with E-state index in [0.29, 0.717) is 12.1 Å². The zero-order chi connectivity index (χ0) is 13.7. The Bertz CT molecular complexity index is 402. The molecule has 1 aliphatic carbocycles. The van der Waals surface area contributed by atoms with Crippen LogP contribution in [-0.2, 0) is 6.42 Å². The molecule has 1 aromatic rings. The normalized spacial score (nSPS) is 19.4. The predicted octanol–water partition coefficient (Wildman–Crippen LogP) is 4.76. The Balaban J connectivity index is 1.81. The predicted molar refractivity (Wildman–Crippen MR) is 78.8 cm³/mol. The van der Waals surface area contributed by atoms with Crippen LogP contribution in [-0.4, -0.2) is 6.04 Å². The molecule has 106 valence electrons. The third-order valence-corrected chi connectivity index (χ3v) is 4.16. The highest BCUT2D eigenvalue weighted by Gasteiger charge is 2.23. The van der Waals surface area contributed by atoms with Gasteiger partial charge in [-0.05, 0) is 49.4 Å². The highest BCUT2D eigenvalue weighted by molar-refractivity contribution is 5.35. The largest absolute Gasteiger partial charge is 0.307 e. The summed E-state index contributed by atoms with van der Waals surface area (Å²) in [5, 5.41) is 3.71. The minimum atomic E-state index is -0.105. The molecule has 0 saturated carbocycles. The molecule has 0 aliphatic heterocycles. The average Bonchev–Trinajstić information content (AvgIpc) is 2.77. The Morgan fingerprint density at radius 1 is 1.32 bits per heavy atom. The van der Waals surface area contributed by atoms with Gasteiger partial charge in [-0.15, -0.1) is 0 Å². The van der Waals surface area contributed by atoms with Gasteiger partial charge in [0.2, 0.25) is 0 Å². The van der Waals surface area contributed by atoms with Crippen molar-refractivity contribution in [3.8, 4) is 0 Å². The van der Waals surface area contributed by atoms with E-state index >= 15 is 0 Å². The smallest absolute Gasteiger partial charge is 0.123 e. The number of halogens is 1. The molecule has 0 radical (unpaired) electrons. The first-order valence-corrected chi connectivity index (χ1v) is 7.75. The maximum Gasteiger partial charge on any atom is 0.123 e. The summed E-state index contributed by atoms with van der Waals surface area (Å²) in [6.45, 7) is 4.52. The fraction of sp³-hybridized carbons (Fsp3) is 0.647. The van der Waals surface area contributed by atoms with E-state index in [2.05, 4.69) is 19.2 Å². The number of fused-ring (bicyclic) bond motifs is 1. The van der Waals surface area contributed by atoms with Crippen molar-refractivity contribution in [2.45, 2.75) is 70.9 Å². The molecule has 1 nitrogen and oxygen atoms in total. The average molecular weight is 263 g/mol. The number of hydrogen-bond acceptors (Lipinski definition) is 1. The van der Waals surface area contributed by atoms with Gasteiger partial charge in [0, 0.05) is 12.1 Å². The third kappa shape index (κ3) is 4.04. The van der Waals surface area contributed by atoms with E-state index in [0.717, 1.165) is 12.8 Å². The molecule has 1 aromatic carbocycles. The second kappa shape index (κ2) is 7.04. The molecule has 0 aromatic heterocycles. The fourth-order valence-corrected chi connectivity index (χ4v) is 3.06. The number of nitrogens with one attached hydrogen (secondary N) is 1. The van der Waals surface area contributed by atoms with Gasteiger partial charge in [-0.3, -0.25) is 0 Å². The Morgan fingerprint density at radius 3 is 2.95 bits per heavy atom. The lowest BCUT2D eigenvalue weighted by molar-refractivity contribution is 0.419.